The maximum atomic E-state index is 12.0. The summed E-state index contributed by atoms with van der Waals surface area (Å²) in [6, 6.07) is 10.3. The van der Waals surface area contributed by atoms with Gasteiger partial charge in [-0.1, -0.05) is 17.7 Å². The first-order chi connectivity index (χ1) is 12.6. The number of rotatable bonds is 3. The van der Waals surface area contributed by atoms with Crippen LogP contribution in [0.15, 0.2) is 57.4 Å². The Hall–Kier alpha value is -2.77. The lowest BCUT2D eigenvalue weighted by Gasteiger charge is -2.03. The van der Waals surface area contributed by atoms with Gasteiger partial charge in [-0.25, -0.2) is 9.78 Å². The van der Waals surface area contributed by atoms with E-state index in [4.69, 9.17) is 16.3 Å². The van der Waals surface area contributed by atoms with Gasteiger partial charge in [0, 0.05) is 22.5 Å². The van der Waals surface area contributed by atoms with Crippen molar-refractivity contribution in [3.05, 3.63) is 63.4 Å². The van der Waals surface area contributed by atoms with Gasteiger partial charge in [-0.2, -0.15) is 0 Å². The van der Waals surface area contributed by atoms with Crippen LogP contribution in [0.1, 0.15) is 10.4 Å². The fourth-order valence-corrected chi connectivity index (χ4v) is 3.89. The molecule has 2 aromatic heterocycles. The number of H-pyrrole nitrogens is 2. The Labute approximate surface area is 156 Å². The molecule has 2 aromatic carbocycles. The Morgan fingerprint density at radius 1 is 1.23 bits per heavy atom. The Morgan fingerprint density at radius 3 is 2.88 bits per heavy atom. The van der Waals surface area contributed by atoms with E-state index in [-0.39, 0.29) is 16.0 Å². The van der Waals surface area contributed by atoms with E-state index in [1.165, 1.54) is 24.9 Å². The van der Waals surface area contributed by atoms with Crippen LogP contribution in [0.5, 0.6) is 0 Å². The highest BCUT2D eigenvalue weighted by Gasteiger charge is 2.19. The number of halogens is 1. The van der Waals surface area contributed by atoms with Gasteiger partial charge in [-0.05, 0) is 36.0 Å². The molecule has 6 nitrogen and oxygen atoms in total. The zero-order chi connectivity index (χ0) is 18.3. The topological polar surface area (TPSA) is 87.8 Å². The molecule has 0 aliphatic heterocycles. The van der Waals surface area contributed by atoms with Gasteiger partial charge < -0.3 is 14.7 Å². The number of imidazole rings is 1. The molecule has 0 unspecified atom stereocenters. The van der Waals surface area contributed by atoms with Crippen molar-refractivity contribution in [2.45, 2.75) is 10.1 Å². The predicted molar refractivity (Wildman–Crippen MR) is 101 cm³/mol. The van der Waals surface area contributed by atoms with E-state index in [1.54, 1.807) is 24.4 Å². The predicted octanol–water partition coefficient (Wildman–Crippen LogP) is 4.00. The Morgan fingerprint density at radius 2 is 2.08 bits per heavy atom. The molecule has 8 heteroatoms. The Balaban J connectivity index is 1.83. The standard InChI is InChI=1S/C18H12ClN3O3S/c1-25-17(24)14-10(19)5-6-11-16(14)22-18(21-11)26-13-4-2-3-9-12(23)7-8-20-15(9)13/h2-8H,1H3,(H,20,23)(H,21,22). The zero-order valence-electron chi connectivity index (χ0n) is 13.5. The second kappa shape index (κ2) is 6.51. The van der Waals surface area contributed by atoms with Crippen LogP contribution in [0.2, 0.25) is 5.02 Å². The number of aromatic nitrogens is 3. The molecule has 2 N–H and O–H groups in total. The number of hydrogen-bond donors (Lipinski definition) is 2. The largest absolute Gasteiger partial charge is 0.465 e. The summed E-state index contributed by atoms with van der Waals surface area (Å²) in [5.74, 6) is -0.543. The highest BCUT2D eigenvalue weighted by molar-refractivity contribution is 7.99. The van der Waals surface area contributed by atoms with Crippen molar-refractivity contribution in [3.8, 4) is 0 Å². The van der Waals surface area contributed by atoms with Gasteiger partial charge in [0.05, 0.1) is 23.2 Å². The number of ether oxygens (including phenoxy) is 1. The molecule has 2 heterocycles. The molecule has 130 valence electrons. The molecule has 0 radical (unpaired) electrons. The van der Waals surface area contributed by atoms with Crippen LogP contribution in [0, 0.1) is 0 Å². The fraction of sp³-hybridized carbons (Fsp3) is 0.0556. The highest BCUT2D eigenvalue weighted by atomic mass is 35.5. The van der Waals surface area contributed by atoms with E-state index >= 15 is 0 Å². The van der Waals surface area contributed by atoms with Crippen molar-refractivity contribution in [1.82, 2.24) is 15.0 Å². The van der Waals surface area contributed by atoms with Crippen LogP contribution in [0.3, 0.4) is 0 Å². The number of carbonyl (C=O) groups is 1. The Bertz CT molecular complexity index is 1220. The first-order valence-electron chi connectivity index (χ1n) is 7.63. The molecule has 4 rings (SSSR count). The summed E-state index contributed by atoms with van der Waals surface area (Å²) in [5.41, 5.74) is 2.02. The number of benzene rings is 2. The van der Waals surface area contributed by atoms with Gasteiger partial charge in [-0.15, -0.1) is 0 Å². The van der Waals surface area contributed by atoms with Gasteiger partial charge in [0.2, 0.25) is 0 Å². The van der Waals surface area contributed by atoms with Crippen molar-refractivity contribution >= 4 is 51.3 Å². The number of nitrogens with zero attached hydrogens (tertiary/aromatic N) is 1. The maximum Gasteiger partial charge on any atom is 0.341 e. The smallest absolute Gasteiger partial charge is 0.341 e. The third-order valence-corrected chi connectivity index (χ3v) is 5.19. The lowest BCUT2D eigenvalue weighted by Crippen LogP contribution is -2.03. The molecule has 0 spiro atoms. The van der Waals surface area contributed by atoms with Crippen molar-refractivity contribution in [2.75, 3.05) is 7.11 Å². The van der Waals surface area contributed by atoms with Gasteiger partial charge in [0.15, 0.2) is 10.6 Å². The third kappa shape index (κ3) is 2.75. The lowest BCUT2D eigenvalue weighted by molar-refractivity contribution is 0.0603. The number of pyridine rings is 1. The average molecular weight is 386 g/mol. The zero-order valence-corrected chi connectivity index (χ0v) is 15.1. The molecule has 0 saturated carbocycles. The van der Waals surface area contributed by atoms with E-state index < -0.39 is 5.97 Å². The third-order valence-electron chi connectivity index (χ3n) is 3.93. The van der Waals surface area contributed by atoms with Gasteiger partial charge in [0.1, 0.15) is 11.1 Å². The SMILES string of the molecule is COC(=O)c1c(Cl)ccc2[nH]c(Sc3cccc4c(=O)cc[nH]c34)nc12. The Kier molecular flexibility index (Phi) is 4.18. The minimum Gasteiger partial charge on any atom is -0.465 e. The molecule has 0 saturated heterocycles. The molecule has 26 heavy (non-hydrogen) atoms. The molecule has 0 aliphatic rings. The number of nitrogens with one attached hydrogen (secondary N) is 2. The number of esters is 1. The van der Waals surface area contributed by atoms with Crippen LogP contribution < -0.4 is 5.43 Å². The normalized spacial score (nSPS) is 11.2. The van der Waals surface area contributed by atoms with Crippen molar-refractivity contribution in [1.29, 1.82) is 0 Å². The molecule has 0 fully saturated rings. The minimum atomic E-state index is -0.543. The molecule has 0 amide bonds. The number of fused-ring (bicyclic) bond motifs is 2. The van der Waals surface area contributed by atoms with E-state index in [9.17, 15) is 9.59 Å². The summed E-state index contributed by atoms with van der Waals surface area (Å²) in [4.78, 5) is 35.6. The summed E-state index contributed by atoms with van der Waals surface area (Å²) < 4.78 is 4.80. The van der Waals surface area contributed by atoms with Crippen molar-refractivity contribution < 1.29 is 9.53 Å². The maximum absolute atomic E-state index is 12.0. The van der Waals surface area contributed by atoms with Crippen LogP contribution in [0.4, 0.5) is 0 Å². The van der Waals surface area contributed by atoms with Crippen LogP contribution in [-0.2, 0) is 4.74 Å². The van der Waals surface area contributed by atoms with E-state index in [0.29, 0.717) is 21.6 Å². The van der Waals surface area contributed by atoms with Crippen molar-refractivity contribution in [3.63, 3.8) is 0 Å². The first-order valence-corrected chi connectivity index (χ1v) is 8.82. The highest BCUT2D eigenvalue weighted by Crippen LogP contribution is 2.33. The van der Waals surface area contributed by atoms with Crippen LogP contribution >= 0.6 is 23.4 Å². The lowest BCUT2D eigenvalue weighted by atomic mass is 10.2. The second-order valence-electron chi connectivity index (χ2n) is 5.47. The molecule has 0 bridgehead atoms. The number of carbonyl (C=O) groups excluding carboxylic acids is 1. The van der Waals surface area contributed by atoms with E-state index in [1.807, 2.05) is 12.1 Å². The monoisotopic (exact) mass is 385 g/mol. The van der Waals surface area contributed by atoms with E-state index in [0.717, 1.165) is 10.4 Å². The molecular formula is C18H12ClN3O3S. The summed E-state index contributed by atoms with van der Waals surface area (Å²) >= 11 is 7.49. The summed E-state index contributed by atoms with van der Waals surface area (Å²) in [5, 5.41) is 1.46. The van der Waals surface area contributed by atoms with Crippen LogP contribution in [0.25, 0.3) is 21.9 Å². The fourth-order valence-electron chi connectivity index (χ4n) is 2.74. The summed E-state index contributed by atoms with van der Waals surface area (Å²) in [6.07, 6.45) is 1.61. The van der Waals surface area contributed by atoms with E-state index in [2.05, 4.69) is 15.0 Å². The summed E-state index contributed by atoms with van der Waals surface area (Å²) in [7, 11) is 1.30. The van der Waals surface area contributed by atoms with Crippen LogP contribution in [-0.4, -0.2) is 28.0 Å². The summed E-state index contributed by atoms with van der Waals surface area (Å²) in [6.45, 7) is 0. The van der Waals surface area contributed by atoms with Gasteiger partial charge in [-0.3, -0.25) is 4.79 Å². The number of methoxy groups -OCH3 is 1. The minimum absolute atomic E-state index is 0.0504. The number of para-hydroxylation sites is 1. The molecule has 0 atom stereocenters. The van der Waals surface area contributed by atoms with Gasteiger partial charge >= 0.3 is 5.97 Å². The molecule has 0 aliphatic carbocycles. The quantitative estimate of drug-likeness (QED) is 0.520. The van der Waals surface area contributed by atoms with Crippen molar-refractivity contribution in [2.24, 2.45) is 0 Å². The first kappa shape index (κ1) is 16.7. The van der Waals surface area contributed by atoms with Gasteiger partial charge in [0.25, 0.3) is 0 Å². The number of hydrogen-bond acceptors (Lipinski definition) is 5. The average Bonchev–Trinajstić information content (AvgIpc) is 3.04. The molecular weight excluding hydrogens is 374 g/mol. The molecule has 4 aromatic rings. The number of aromatic amines is 2. The second-order valence-corrected chi connectivity index (χ2v) is 6.91.